The zero-order valence-corrected chi connectivity index (χ0v) is 14.7. The fourth-order valence-corrected chi connectivity index (χ4v) is 4.23. The summed E-state index contributed by atoms with van der Waals surface area (Å²) in [4.78, 5) is 24.8. The average molecular weight is 364 g/mol. The van der Waals surface area contributed by atoms with Crippen molar-refractivity contribution in [1.29, 1.82) is 0 Å². The van der Waals surface area contributed by atoms with Crippen LogP contribution >= 0.6 is 11.3 Å². The van der Waals surface area contributed by atoms with Gasteiger partial charge in [0.15, 0.2) is 0 Å². The molecule has 7 heteroatoms. The van der Waals surface area contributed by atoms with Crippen LogP contribution in [0, 0.1) is 17.6 Å². The van der Waals surface area contributed by atoms with Crippen molar-refractivity contribution in [3.8, 4) is 0 Å². The van der Waals surface area contributed by atoms with Gasteiger partial charge in [-0.15, -0.1) is 11.3 Å². The Kier molecular flexibility index (Phi) is 4.85. The monoisotopic (exact) mass is 364 g/mol. The van der Waals surface area contributed by atoms with E-state index in [9.17, 15) is 18.4 Å². The second-order valence-electron chi connectivity index (χ2n) is 6.35. The molecule has 1 atom stereocenters. The highest BCUT2D eigenvalue weighted by molar-refractivity contribution is 7.10. The average Bonchev–Trinajstić information content (AvgIpc) is 2.94. The second-order valence-corrected chi connectivity index (χ2v) is 7.31. The van der Waals surface area contributed by atoms with E-state index in [2.05, 4.69) is 17.6 Å². The van der Waals surface area contributed by atoms with Gasteiger partial charge in [-0.3, -0.25) is 9.59 Å². The van der Waals surface area contributed by atoms with E-state index < -0.39 is 23.4 Å². The molecule has 25 heavy (non-hydrogen) atoms. The fraction of sp³-hybridized carbons (Fsp3) is 0.333. The van der Waals surface area contributed by atoms with Crippen LogP contribution in [0.5, 0.6) is 0 Å². The third kappa shape index (κ3) is 3.71. The third-order valence-electron chi connectivity index (χ3n) is 4.26. The second kappa shape index (κ2) is 6.92. The van der Waals surface area contributed by atoms with Gasteiger partial charge in [-0.05, 0) is 36.8 Å². The van der Waals surface area contributed by atoms with Gasteiger partial charge < -0.3 is 10.6 Å². The van der Waals surface area contributed by atoms with Crippen LogP contribution in [-0.2, 0) is 17.6 Å². The van der Waals surface area contributed by atoms with Gasteiger partial charge in [0.2, 0.25) is 5.91 Å². The van der Waals surface area contributed by atoms with Gasteiger partial charge in [0, 0.05) is 23.2 Å². The Morgan fingerprint density at radius 2 is 1.84 bits per heavy atom. The minimum atomic E-state index is -0.896. The molecule has 4 nitrogen and oxygen atoms in total. The quantitative estimate of drug-likeness (QED) is 0.850. The fourth-order valence-electron chi connectivity index (χ4n) is 2.99. The van der Waals surface area contributed by atoms with Crippen molar-refractivity contribution in [2.75, 3.05) is 10.6 Å². The summed E-state index contributed by atoms with van der Waals surface area (Å²) in [5.41, 5.74) is 1.21. The van der Waals surface area contributed by atoms with Crippen LogP contribution in [-0.4, -0.2) is 11.8 Å². The molecule has 2 aromatic rings. The summed E-state index contributed by atoms with van der Waals surface area (Å²) < 4.78 is 27.7. The number of benzene rings is 1. The van der Waals surface area contributed by atoms with Gasteiger partial charge in [0.1, 0.15) is 11.6 Å². The number of halogens is 2. The number of carbonyl (C=O) groups excluding carboxylic acids is 2. The first-order valence-corrected chi connectivity index (χ1v) is 8.90. The Labute approximate surface area is 148 Å². The molecule has 132 valence electrons. The molecule has 1 aromatic carbocycles. The van der Waals surface area contributed by atoms with Crippen LogP contribution in [0.4, 0.5) is 20.2 Å². The maximum absolute atomic E-state index is 14.0. The maximum atomic E-state index is 14.0. The molecule has 1 aromatic heterocycles. The predicted octanol–water partition coefficient (Wildman–Crippen LogP) is 4.36. The number of nitrogens with one attached hydrogen (secondary N) is 2. The molecular weight excluding hydrogens is 346 g/mol. The lowest BCUT2D eigenvalue weighted by Crippen LogP contribution is -2.17. The van der Waals surface area contributed by atoms with E-state index in [-0.39, 0.29) is 11.4 Å². The molecule has 1 aliphatic rings. The molecular formula is C18H18F2N2O2S. The van der Waals surface area contributed by atoms with E-state index in [0.717, 1.165) is 30.9 Å². The van der Waals surface area contributed by atoms with Crippen molar-refractivity contribution in [3.05, 3.63) is 45.2 Å². The molecule has 3 rings (SSSR count). The molecule has 1 heterocycles. The van der Waals surface area contributed by atoms with Gasteiger partial charge in [0.25, 0.3) is 5.91 Å². The molecule has 1 aliphatic carbocycles. The summed E-state index contributed by atoms with van der Waals surface area (Å²) in [5, 5.41) is 6.55. The topological polar surface area (TPSA) is 58.2 Å². The largest absolute Gasteiger partial charge is 0.324 e. The van der Waals surface area contributed by atoms with E-state index in [1.807, 2.05) is 0 Å². The molecule has 0 radical (unpaired) electrons. The number of hydrogen-bond acceptors (Lipinski definition) is 3. The predicted molar refractivity (Wildman–Crippen MR) is 94.1 cm³/mol. The maximum Gasteiger partial charge on any atom is 0.256 e. The Balaban J connectivity index is 1.85. The number of carbonyl (C=O) groups is 2. The van der Waals surface area contributed by atoms with E-state index in [0.29, 0.717) is 17.5 Å². The summed E-state index contributed by atoms with van der Waals surface area (Å²) >= 11 is 1.54. The van der Waals surface area contributed by atoms with Crippen LogP contribution in [0.15, 0.2) is 17.5 Å². The normalized spacial score (nSPS) is 16.2. The van der Waals surface area contributed by atoms with Gasteiger partial charge in [-0.2, -0.15) is 0 Å². The van der Waals surface area contributed by atoms with Crippen LogP contribution in [0.3, 0.4) is 0 Å². The van der Waals surface area contributed by atoms with E-state index >= 15 is 0 Å². The molecule has 0 bridgehead atoms. The highest BCUT2D eigenvalue weighted by Gasteiger charge is 2.24. The smallest absolute Gasteiger partial charge is 0.256 e. The van der Waals surface area contributed by atoms with E-state index in [1.54, 1.807) is 16.7 Å². The SMILES string of the molecule is CC(=O)Nc1cc(NC(=O)c2csc3c2CCC(C)C3)c(F)cc1F. The first kappa shape index (κ1) is 17.5. The number of amides is 2. The molecule has 0 spiro atoms. The highest BCUT2D eigenvalue weighted by atomic mass is 32.1. The van der Waals surface area contributed by atoms with Crippen molar-refractivity contribution in [1.82, 2.24) is 0 Å². The van der Waals surface area contributed by atoms with Gasteiger partial charge >= 0.3 is 0 Å². The Morgan fingerprint density at radius 3 is 2.52 bits per heavy atom. The van der Waals surface area contributed by atoms with Crippen LogP contribution in [0.25, 0.3) is 0 Å². The van der Waals surface area contributed by atoms with E-state index in [4.69, 9.17) is 0 Å². The Hall–Kier alpha value is -2.28. The molecule has 2 amide bonds. The number of fused-ring (bicyclic) bond motifs is 1. The minimum absolute atomic E-state index is 0.167. The zero-order chi connectivity index (χ0) is 18.1. The first-order chi connectivity index (χ1) is 11.8. The molecule has 1 unspecified atom stereocenters. The Bertz CT molecular complexity index is 848. The Morgan fingerprint density at radius 1 is 1.16 bits per heavy atom. The van der Waals surface area contributed by atoms with Gasteiger partial charge in [-0.1, -0.05) is 6.92 Å². The molecule has 0 saturated heterocycles. The molecule has 2 N–H and O–H groups in total. The summed E-state index contributed by atoms with van der Waals surface area (Å²) in [6, 6.07) is 1.73. The van der Waals surface area contributed by atoms with Gasteiger partial charge in [0.05, 0.1) is 16.9 Å². The van der Waals surface area contributed by atoms with Crippen LogP contribution in [0.2, 0.25) is 0 Å². The molecule has 0 fully saturated rings. The number of rotatable bonds is 3. The van der Waals surface area contributed by atoms with Crippen molar-refractivity contribution in [2.45, 2.75) is 33.1 Å². The number of thiophene rings is 1. The van der Waals surface area contributed by atoms with Gasteiger partial charge in [-0.25, -0.2) is 8.78 Å². The van der Waals surface area contributed by atoms with Crippen molar-refractivity contribution >= 4 is 34.5 Å². The van der Waals surface area contributed by atoms with Crippen LogP contribution < -0.4 is 10.6 Å². The van der Waals surface area contributed by atoms with E-state index in [1.165, 1.54) is 11.8 Å². The lowest BCUT2D eigenvalue weighted by molar-refractivity contribution is -0.114. The minimum Gasteiger partial charge on any atom is -0.324 e. The number of hydrogen-bond donors (Lipinski definition) is 2. The standard InChI is InChI=1S/C18H18F2N2O2S/c1-9-3-4-11-12(8-25-17(11)5-9)18(24)22-16-7-15(21-10(2)23)13(19)6-14(16)20/h6-9H,3-5H2,1-2H3,(H,21,23)(H,22,24). The molecule has 0 saturated carbocycles. The first-order valence-electron chi connectivity index (χ1n) is 8.02. The lowest BCUT2D eigenvalue weighted by Gasteiger charge is -2.19. The third-order valence-corrected chi connectivity index (χ3v) is 5.31. The summed E-state index contributed by atoms with van der Waals surface area (Å²) in [5.74, 6) is -2.10. The van der Waals surface area contributed by atoms with Crippen molar-refractivity contribution < 1.29 is 18.4 Å². The zero-order valence-electron chi connectivity index (χ0n) is 13.9. The van der Waals surface area contributed by atoms with Crippen molar-refractivity contribution in [3.63, 3.8) is 0 Å². The van der Waals surface area contributed by atoms with Crippen molar-refractivity contribution in [2.24, 2.45) is 5.92 Å². The van der Waals surface area contributed by atoms with Crippen LogP contribution in [0.1, 0.15) is 41.1 Å². The summed E-state index contributed by atoms with van der Waals surface area (Å²) in [6.07, 6.45) is 2.79. The summed E-state index contributed by atoms with van der Waals surface area (Å²) in [7, 11) is 0. The lowest BCUT2D eigenvalue weighted by atomic mass is 9.88. The molecule has 0 aliphatic heterocycles. The number of anilines is 2. The highest BCUT2D eigenvalue weighted by Crippen LogP contribution is 2.33. The summed E-state index contributed by atoms with van der Waals surface area (Å²) in [6.45, 7) is 3.40.